The number of halogens is 1. The lowest BCUT2D eigenvalue weighted by molar-refractivity contribution is 0.158. The fourth-order valence-corrected chi connectivity index (χ4v) is 3.39. The lowest BCUT2D eigenvalue weighted by Gasteiger charge is -2.35. The lowest BCUT2D eigenvalue weighted by atomic mass is 9.87. The number of rotatable bonds is 5. The van der Waals surface area contributed by atoms with Gasteiger partial charge in [-0.1, -0.05) is 0 Å². The first kappa shape index (κ1) is 16.0. The first-order valence-electron chi connectivity index (χ1n) is 8.03. The van der Waals surface area contributed by atoms with Crippen LogP contribution in [0.3, 0.4) is 0 Å². The third kappa shape index (κ3) is 2.97. The fraction of sp³-hybridized carbons (Fsp3) is 0.400. The number of hydrogen-bond donors (Lipinski definition) is 2. The maximum Gasteiger partial charge on any atom is 0.229 e. The lowest BCUT2D eigenvalue weighted by Crippen LogP contribution is -2.31. The third-order valence-corrected chi connectivity index (χ3v) is 5.05. The van der Waals surface area contributed by atoms with Gasteiger partial charge in [0.25, 0.3) is 0 Å². The Morgan fingerprint density at radius 1 is 1.12 bits per heavy atom. The van der Waals surface area contributed by atoms with Crippen LogP contribution in [0.2, 0.25) is 0 Å². The van der Waals surface area contributed by atoms with Crippen molar-refractivity contribution in [3.63, 3.8) is 0 Å². The van der Waals surface area contributed by atoms with Gasteiger partial charge in [-0.25, -0.2) is 4.98 Å². The molecule has 0 unspecified atom stereocenters. The van der Waals surface area contributed by atoms with E-state index in [9.17, 15) is 0 Å². The molecule has 0 atom stereocenters. The molecule has 3 heterocycles. The summed E-state index contributed by atoms with van der Waals surface area (Å²) in [7, 11) is 1.82. The summed E-state index contributed by atoms with van der Waals surface area (Å²) < 4.78 is 2.88. The molecule has 0 aromatic carbocycles. The van der Waals surface area contributed by atoms with E-state index in [0.29, 0.717) is 18.0 Å². The fourth-order valence-electron chi connectivity index (χ4n) is 3.00. The van der Waals surface area contributed by atoms with Crippen LogP contribution in [0, 0.1) is 6.92 Å². The van der Waals surface area contributed by atoms with E-state index in [1.807, 2.05) is 20.2 Å². The van der Waals surface area contributed by atoms with Crippen LogP contribution in [0.15, 0.2) is 29.3 Å². The Bertz CT molecular complexity index is 867. The zero-order valence-electron chi connectivity index (χ0n) is 13.9. The SMILES string of the molecule is CNc1nc(Nc2cnn([C@H]3C[C@@H](n4nccn4)C3)c2C)ncc1Br. The molecule has 1 aliphatic carbocycles. The zero-order chi connectivity index (χ0) is 17.4. The van der Waals surface area contributed by atoms with E-state index in [1.165, 1.54) is 0 Å². The first-order chi connectivity index (χ1) is 12.2. The summed E-state index contributed by atoms with van der Waals surface area (Å²) in [4.78, 5) is 10.5. The van der Waals surface area contributed by atoms with Gasteiger partial charge in [0.15, 0.2) is 0 Å². The van der Waals surface area contributed by atoms with Crippen molar-refractivity contribution in [2.45, 2.75) is 31.8 Å². The highest BCUT2D eigenvalue weighted by Crippen LogP contribution is 2.41. The van der Waals surface area contributed by atoms with E-state index in [0.717, 1.165) is 34.5 Å². The average Bonchev–Trinajstić information content (AvgIpc) is 3.21. The molecule has 0 bridgehead atoms. The molecule has 9 nitrogen and oxygen atoms in total. The summed E-state index contributed by atoms with van der Waals surface area (Å²) in [5, 5.41) is 19.2. The molecule has 10 heteroatoms. The number of hydrogen-bond acceptors (Lipinski definition) is 7. The molecular formula is C15H18BrN9. The van der Waals surface area contributed by atoms with Crippen molar-refractivity contribution in [3.8, 4) is 0 Å². The summed E-state index contributed by atoms with van der Waals surface area (Å²) >= 11 is 3.41. The first-order valence-corrected chi connectivity index (χ1v) is 8.82. The summed E-state index contributed by atoms with van der Waals surface area (Å²) in [5.41, 5.74) is 1.97. The second-order valence-electron chi connectivity index (χ2n) is 5.98. The van der Waals surface area contributed by atoms with Crippen molar-refractivity contribution in [1.29, 1.82) is 0 Å². The highest BCUT2D eigenvalue weighted by Gasteiger charge is 2.34. The molecule has 2 N–H and O–H groups in total. The van der Waals surface area contributed by atoms with Crippen molar-refractivity contribution in [2.24, 2.45) is 0 Å². The zero-order valence-corrected chi connectivity index (χ0v) is 15.5. The summed E-state index contributed by atoms with van der Waals surface area (Å²) in [5.74, 6) is 1.26. The summed E-state index contributed by atoms with van der Waals surface area (Å²) in [6, 6.07) is 0.721. The molecule has 130 valence electrons. The van der Waals surface area contributed by atoms with E-state index in [-0.39, 0.29) is 0 Å². The predicted molar refractivity (Wildman–Crippen MR) is 96.9 cm³/mol. The van der Waals surface area contributed by atoms with Crippen LogP contribution in [-0.4, -0.2) is 41.8 Å². The van der Waals surface area contributed by atoms with E-state index in [2.05, 4.69) is 56.5 Å². The molecule has 3 aromatic rings. The number of aromatic nitrogens is 7. The Hall–Kier alpha value is -2.49. The molecular weight excluding hydrogens is 386 g/mol. The number of anilines is 3. The predicted octanol–water partition coefficient (Wildman–Crippen LogP) is 2.70. The van der Waals surface area contributed by atoms with E-state index >= 15 is 0 Å². The highest BCUT2D eigenvalue weighted by atomic mass is 79.9. The largest absolute Gasteiger partial charge is 0.372 e. The van der Waals surface area contributed by atoms with Gasteiger partial charge >= 0.3 is 0 Å². The van der Waals surface area contributed by atoms with Crippen molar-refractivity contribution in [2.75, 3.05) is 17.7 Å². The molecule has 1 fully saturated rings. The van der Waals surface area contributed by atoms with Gasteiger partial charge in [0.2, 0.25) is 5.95 Å². The van der Waals surface area contributed by atoms with Crippen LogP contribution < -0.4 is 10.6 Å². The van der Waals surface area contributed by atoms with Gasteiger partial charge in [0, 0.05) is 13.2 Å². The Morgan fingerprint density at radius 3 is 2.60 bits per heavy atom. The van der Waals surface area contributed by atoms with E-state index in [4.69, 9.17) is 0 Å². The molecule has 25 heavy (non-hydrogen) atoms. The van der Waals surface area contributed by atoms with Crippen LogP contribution in [0.25, 0.3) is 0 Å². The summed E-state index contributed by atoms with van der Waals surface area (Å²) in [6.07, 6.45) is 8.93. The minimum absolute atomic E-state index is 0.355. The Morgan fingerprint density at radius 2 is 1.88 bits per heavy atom. The standard InChI is InChI=1S/C15H18BrN9/c1-9-13(22-15-18-7-12(16)14(17-2)23-15)8-21-24(9)10-5-11(6-10)25-19-3-4-20-25/h3-4,7-8,10-11H,5-6H2,1-2H3,(H2,17,18,22,23)/t10-,11+. The van der Waals surface area contributed by atoms with Crippen LogP contribution in [-0.2, 0) is 0 Å². The second kappa shape index (κ2) is 6.43. The Labute approximate surface area is 153 Å². The molecule has 0 spiro atoms. The Balaban J connectivity index is 1.47. The molecule has 0 radical (unpaired) electrons. The van der Waals surface area contributed by atoms with Gasteiger partial charge in [0.1, 0.15) is 5.82 Å². The minimum Gasteiger partial charge on any atom is -0.372 e. The van der Waals surface area contributed by atoms with E-state index in [1.54, 1.807) is 23.4 Å². The molecule has 4 rings (SSSR count). The second-order valence-corrected chi connectivity index (χ2v) is 6.84. The molecule has 0 aliphatic heterocycles. The molecule has 0 amide bonds. The van der Waals surface area contributed by atoms with Gasteiger partial charge in [-0.2, -0.15) is 25.1 Å². The maximum atomic E-state index is 4.53. The van der Waals surface area contributed by atoms with Gasteiger partial charge in [-0.3, -0.25) is 4.68 Å². The number of nitrogens with one attached hydrogen (secondary N) is 2. The van der Waals surface area contributed by atoms with Crippen molar-refractivity contribution in [3.05, 3.63) is 35.0 Å². The third-order valence-electron chi connectivity index (χ3n) is 4.47. The van der Waals surface area contributed by atoms with Crippen LogP contribution >= 0.6 is 15.9 Å². The number of nitrogens with zero attached hydrogens (tertiary/aromatic N) is 7. The van der Waals surface area contributed by atoms with Crippen molar-refractivity contribution < 1.29 is 0 Å². The normalized spacial score (nSPS) is 19.5. The van der Waals surface area contributed by atoms with Crippen molar-refractivity contribution in [1.82, 2.24) is 34.7 Å². The Kier molecular flexibility index (Phi) is 4.12. The van der Waals surface area contributed by atoms with Crippen molar-refractivity contribution >= 4 is 33.4 Å². The van der Waals surface area contributed by atoms with Gasteiger partial charge < -0.3 is 10.6 Å². The van der Waals surface area contributed by atoms with Crippen LogP contribution in [0.4, 0.5) is 17.5 Å². The minimum atomic E-state index is 0.355. The smallest absolute Gasteiger partial charge is 0.229 e. The topological polar surface area (TPSA) is 98.4 Å². The maximum absolute atomic E-state index is 4.53. The molecule has 3 aromatic heterocycles. The highest BCUT2D eigenvalue weighted by molar-refractivity contribution is 9.10. The molecule has 1 aliphatic rings. The van der Waals surface area contributed by atoms with Gasteiger partial charge in [-0.05, 0) is 35.7 Å². The summed E-state index contributed by atoms with van der Waals surface area (Å²) in [6.45, 7) is 2.05. The van der Waals surface area contributed by atoms with E-state index < -0.39 is 0 Å². The van der Waals surface area contributed by atoms with Gasteiger partial charge in [0.05, 0.1) is 46.5 Å². The molecule has 1 saturated carbocycles. The van der Waals surface area contributed by atoms with Crippen LogP contribution in [0.1, 0.15) is 30.6 Å². The van der Waals surface area contributed by atoms with Gasteiger partial charge in [-0.15, -0.1) is 0 Å². The average molecular weight is 404 g/mol. The molecule has 0 saturated heterocycles. The monoisotopic (exact) mass is 403 g/mol. The quantitative estimate of drug-likeness (QED) is 0.675. The van der Waals surface area contributed by atoms with Crippen LogP contribution in [0.5, 0.6) is 0 Å².